The molecule has 6 aromatic carbocycles. The van der Waals surface area contributed by atoms with E-state index in [4.69, 9.17) is 0 Å². The molecular weight excluding hydrogens is 430 g/mol. The number of benzene rings is 6. The lowest BCUT2D eigenvalue weighted by Gasteiger charge is -2.13. The molecule has 0 unspecified atom stereocenters. The van der Waals surface area contributed by atoms with Gasteiger partial charge in [0.2, 0.25) is 0 Å². The maximum absolute atomic E-state index is 2.51. The van der Waals surface area contributed by atoms with Crippen LogP contribution in [0.3, 0.4) is 0 Å². The Hall–Kier alpha value is -4.14. The molecule has 2 heteroatoms. The van der Waals surface area contributed by atoms with Crippen molar-refractivity contribution >= 4 is 75.5 Å². The van der Waals surface area contributed by atoms with Crippen LogP contribution in [0.1, 0.15) is 0 Å². The molecule has 2 heterocycles. The molecule has 34 heavy (non-hydrogen) atoms. The molecule has 8 aromatic rings. The summed E-state index contributed by atoms with van der Waals surface area (Å²) in [5.74, 6) is 0. The summed E-state index contributed by atoms with van der Waals surface area (Å²) < 4.78 is 3.84. The van der Waals surface area contributed by atoms with E-state index in [1.165, 1.54) is 69.9 Å². The Balaban J connectivity index is 1.72. The molecule has 8 rings (SSSR count). The van der Waals surface area contributed by atoms with Crippen LogP contribution in [0.4, 0.5) is 0 Å². The van der Waals surface area contributed by atoms with Gasteiger partial charge in [0.05, 0.1) is 11.0 Å². The first-order chi connectivity index (χ1) is 16.9. The second-order valence-electron chi connectivity index (χ2n) is 8.98. The molecule has 0 spiro atoms. The lowest BCUT2D eigenvalue weighted by molar-refractivity contribution is 1.20. The third-order valence-electron chi connectivity index (χ3n) is 7.22. The smallest absolute Gasteiger partial charge is 0.0628 e. The highest BCUT2D eigenvalue weighted by atomic mass is 32.1. The van der Waals surface area contributed by atoms with E-state index in [1.807, 2.05) is 11.3 Å². The van der Waals surface area contributed by atoms with E-state index in [0.717, 1.165) is 0 Å². The number of nitrogens with zero attached hydrogens (tertiary/aromatic N) is 1. The number of hydrogen-bond donors (Lipinski definition) is 0. The van der Waals surface area contributed by atoms with Crippen LogP contribution in [0.5, 0.6) is 0 Å². The molecule has 0 N–H and O–H groups in total. The zero-order chi connectivity index (χ0) is 22.2. The van der Waals surface area contributed by atoms with Crippen molar-refractivity contribution in [3.05, 3.63) is 115 Å². The molecule has 0 aliphatic rings. The molecule has 0 saturated carbocycles. The van der Waals surface area contributed by atoms with Gasteiger partial charge in [0.15, 0.2) is 0 Å². The van der Waals surface area contributed by atoms with Crippen LogP contribution < -0.4 is 0 Å². The minimum Gasteiger partial charge on any atom is -0.308 e. The first-order valence-electron chi connectivity index (χ1n) is 11.6. The van der Waals surface area contributed by atoms with Gasteiger partial charge in [-0.1, -0.05) is 84.9 Å². The fraction of sp³-hybridized carbons (Fsp3) is 0. The second-order valence-corrected chi connectivity index (χ2v) is 9.92. The maximum atomic E-state index is 2.51. The summed E-state index contributed by atoms with van der Waals surface area (Å²) in [5, 5.41) is 13.9. The third kappa shape index (κ3) is 2.33. The Morgan fingerprint density at radius 3 is 2.03 bits per heavy atom. The summed E-state index contributed by atoms with van der Waals surface area (Å²) in [6.07, 6.45) is 0. The second kappa shape index (κ2) is 6.69. The van der Waals surface area contributed by atoms with Crippen LogP contribution in [0.25, 0.3) is 69.9 Å². The van der Waals surface area contributed by atoms with Crippen molar-refractivity contribution in [2.75, 3.05) is 0 Å². The highest BCUT2D eigenvalue weighted by Gasteiger charge is 2.20. The molecule has 0 fully saturated rings. The van der Waals surface area contributed by atoms with Crippen molar-refractivity contribution in [2.24, 2.45) is 0 Å². The molecule has 1 nitrogen and oxygen atoms in total. The van der Waals surface area contributed by atoms with E-state index >= 15 is 0 Å². The van der Waals surface area contributed by atoms with E-state index in [2.05, 4.69) is 119 Å². The largest absolute Gasteiger partial charge is 0.308 e. The first-order valence-corrected chi connectivity index (χ1v) is 12.5. The third-order valence-corrected chi connectivity index (χ3v) is 8.10. The average Bonchev–Trinajstić information content (AvgIpc) is 3.51. The Kier molecular flexibility index (Phi) is 3.60. The molecule has 0 aliphatic heterocycles. The van der Waals surface area contributed by atoms with E-state index in [-0.39, 0.29) is 0 Å². The maximum Gasteiger partial charge on any atom is 0.0628 e. The van der Waals surface area contributed by atoms with Crippen LogP contribution in [0.2, 0.25) is 0 Å². The standard InChI is InChI=1S/C32H19NS/c1-2-8-21-19-22(14-13-20(21)7-1)33-31-27-17-18-34-29(27)16-15-28(31)30-25-11-5-3-9-23(25)24-10-4-6-12-26(24)32(30)33/h1-19H. The van der Waals surface area contributed by atoms with Crippen LogP contribution in [0, 0.1) is 0 Å². The van der Waals surface area contributed by atoms with Gasteiger partial charge in [-0.25, -0.2) is 0 Å². The van der Waals surface area contributed by atoms with Gasteiger partial charge in [-0.3, -0.25) is 0 Å². The quantitative estimate of drug-likeness (QED) is 0.220. The molecular formula is C32H19NS. The summed E-state index contributed by atoms with van der Waals surface area (Å²) >= 11 is 1.81. The van der Waals surface area contributed by atoms with E-state index in [9.17, 15) is 0 Å². The fourth-order valence-corrected chi connectivity index (χ4v) is 6.57. The van der Waals surface area contributed by atoms with Crippen molar-refractivity contribution in [3.63, 3.8) is 0 Å². The zero-order valence-electron chi connectivity index (χ0n) is 18.3. The van der Waals surface area contributed by atoms with Gasteiger partial charge in [-0.05, 0) is 56.6 Å². The van der Waals surface area contributed by atoms with Gasteiger partial charge >= 0.3 is 0 Å². The predicted octanol–water partition coefficient (Wildman–Crippen LogP) is 9.46. The molecule has 0 aliphatic carbocycles. The first kappa shape index (κ1) is 18.3. The van der Waals surface area contributed by atoms with Gasteiger partial charge in [0.1, 0.15) is 0 Å². The summed E-state index contributed by atoms with van der Waals surface area (Å²) in [7, 11) is 0. The van der Waals surface area contributed by atoms with Gasteiger partial charge in [0.25, 0.3) is 0 Å². The molecule has 0 radical (unpaired) electrons. The number of thiophene rings is 1. The Morgan fingerprint density at radius 2 is 1.18 bits per heavy atom. The molecule has 0 amide bonds. The molecule has 0 atom stereocenters. The lowest BCUT2D eigenvalue weighted by Crippen LogP contribution is -1.95. The van der Waals surface area contributed by atoms with Crippen molar-refractivity contribution in [1.82, 2.24) is 4.57 Å². The highest BCUT2D eigenvalue weighted by molar-refractivity contribution is 7.17. The topological polar surface area (TPSA) is 4.93 Å². The van der Waals surface area contributed by atoms with E-state index < -0.39 is 0 Å². The molecule has 158 valence electrons. The molecule has 2 aromatic heterocycles. The predicted molar refractivity (Wildman–Crippen MR) is 149 cm³/mol. The van der Waals surface area contributed by atoms with Crippen LogP contribution in [-0.4, -0.2) is 4.57 Å². The average molecular weight is 450 g/mol. The van der Waals surface area contributed by atoms with E-state index in [1.54, 1.807) is 0 Å². The van der Waals surface area contributed by atoms with Gasteiger partial charge in [0, 0.05) is 31.9 Å². The van der Waals surface area contributed by atoms with Crippen molar-refractivity contribution in [2.45, 2.75) is 0 Å². The molecule has 0 saturated heterocycles. The summed E-state index contributed by atoms with van der Waals surface area (Å²) in [6, 6.07) is 40.1. The Labute approximate surface area is 200 Å². The van der Waals surface area contributed by atoms with Gasteiger partial charge in [-0.15, -0.1) is 11.3 Å². The minimum absolute atomic E-state index is 1.21. The number of fused-ring (bicyclic) bond motifs is 11. The summed E-state index contributed by atoms with van der Waals surface area (Å²) in [4.78, 5) is 0. The number of rotatable bonds is 1. The van der Waals surface area contributed by atoms with Gasteiger partial charge in [-0.2, -0.15) is 0 Å². The van der Waals surface area contributed by atoms with Crippen LogP contribution >= 0.6 is 11.3 Å². The fourth-order valence-electron chi connectivity index (χ4n) is 5.78. The summed E-state index contributed by atoms with van der Waals surface area (Å²) in [6.45, 7) is 0. The normalized spacial score (nSPS) is 12.1. The Morgan fingerprint density at radius 1 is 0.471 bits per heavy atom. The minimum atomic E-state index is 1.21. The van der Waals surface area contributed by atoms with Crippen molar-refractivity contribution in [3.8, 4) is 5.69 Å². The number of hydrogen-bond acceptors (Lipinski definition) is 1. The number of aromatic nitrogens is 1. The molecule has 0 bridgehead atoms. The van der Waals surface area contributed by atoms with Gasteiger partial charge < -0.3 is 4.57 Å². The monoisotopic (exact) mass is 449 g/mol. The SMILES string of the molecule is c1ccc2cc(-n3c4c5ccsc5ccc4c4c5ccccc5c5ccccc5c43)ccc2c1. The lowest BCUT2D eigenvalue weighted by atomic mass is 9.96. The van der Waals surface area contributed by atoms with Crippen LogP contribution in [0.15, 0.2) is 115 Å². The highest BCUT2D eigenvalue weighted by Crippen LogP contribution is 2.45. The van der Waals surface area contributed by atoms with E-state index in [0.29, 0.717) is 0 Å². The van der Waals surface area contributed by atoms with Crippen LogP contribution in [-0.2, 0) is 0 Å². The summed E-state index contributed by atoms with van der Waals surface area (Å²) in [5.41, 5.74) is 3.79. The van der Waals surface area contributed by atoms with Crippen molar-refractivity contribution in [1.29, 1.82) is 0 Å². The Bertz CT molecular complexity index is 2070. The zero-order valence-corrected chi connectivity index (χ0v) is 19.1. The van der Waals surface area contributed by atoms with Crippen molar-refractivity contribution < 1.29 is 0 Å².